The second-order valence-electron chi connectivity index (χ2n) is 6.39. The fraction of sp³-hybridized carbons (Fsp3) is 0.238. The maximum atomic E-state index is 13.2. The van der Waals surface area contributed by atoms with E-state index in [1.165, 1.54) is 29.2 Å². The molecule has 6 nitrogen and oxygen atoms in total. The zero-order valence-corrected chi connectivity index (χ0v) is 16.9. The van der Waals surface area contributed by atoms with Crippen LogP contribution in [0.5, 0.6) is 0 Å². The first-order chi connectivity index (χ1) is 13.9. The standard InChI is InChI=1S/C21H19BrFNO5/c22-15-5-1-13(2-6-15)18-17(19(26)14-3-7-16(23)8-4-14)20(27)21(28)24(18)9-11-29-12-10-25/h1-8,18,25-26H,9-12H2/b19-17+. The van der Waals surface area contributed by atoms with Crippen LogP contribution in [0.15, 0.2) is 58.6 Å². The number of nitrogens with zero attached hydrogens (tertiary/aromatic N) is 1. The Morgan fingerprint density at radius 1 is 1.07 bits per heavy atom. The minimum atomic E-state index is -0.818. The summed E-state index contributed by atoms with van der Waals surface area (Å²) in [6.07, 6.45) is 0. The molecule has 1 aliphatic rings. The number of halogens is 2. The van der Waals surface area contributed by atoms with Crippen LogP contribution >= 0.6 is 15.9 Å². The lowest BCUT2D eigenvalue weighted by molar-refractivity contribution is -0.140. The van der Waals surface area contributed by atoms with Crippen LogP contribution in [0.25, 0.3) is 5.76 Å². The molecule has 0 aliphatic carbocycles. The average molecular weight is 464 g/mol. The van der Waals surface area contributed by atoms with Crippen LogP contribution in [0.1, 0.15) is 17.2 Å². The molecule has 2 aromatic carbocycles. The van der Waals surface area contributed by atoms with Crippen molar-refractivity contribution in [1.29, 1.82) is 0 Å². The molecule has 2 N–H and O–H groups in total. The molecule has 0 saturated carbocycles. The van der Waals surface area contributed by atoms with Crippen molar-refractivity contribution < 1.29 is 28.9 Å². The third kappa shape index (κ3) is 4.55. The van der Waals surface area contributed by atoms with Gasteiger partial charge in [-0.3, -0.25) is 9.59 Å². The number of ether oxygens (including phenoxy) is 1. The maximum Gasteiger partial charge on any atom is 0.295 e. The molecule has 1 fully saturated rings. The predicted molar refractivity (Wildman–Crippen MR) is 107 cm³/mol. The molecule has 1 unspecified atom stereocenters. The van der Waals surface area contributed by atoms with E-state index in [0.717, 1.165) is 4.47 Å². The third-order valence-electron chi connectivity index (χ3n) is 4.56. The van der Waals surface area contributed by atoms with Gasteiger partial charge in [0.2, 0.25) is 0 Å². The van der Waals surface area contributed by atoms with Gasteiger partial charge in [0, 0.05) is 16.6 Å². The third-order valence-corrected chi connectivity index (χ3v) is 5.08. The highest BCUT2D eigenvalue weighted by Gasteiger charge is 2.45. The average Bonchev–Trinajstić information content (AvgIpc) is 2.96. The number of carbonyl (C=O) groups is 2. The van der Waals surface area contributed by atoms with Crippen LogP contribution in [0.4, 0.5) is 4.39 Å². The van der Waals surface area contributed by atoms with Crippen LogP contribution in [0, 0.1) is 5.82 Å². The SMILES string of the molecule is O=C1C(=O)N(CCOCCO)C(c2ccc(Br)cc2)/C1=C(\O)c1ccc(F)cc1. The minimum Gasteiger partial charge on any atom is -0.507 e. The number of likely N-dealkylation sites (tertiary alicyclic amines) is 1. The van der Waals surface area contributed by atoms with Crippen molar-refractivity contribution in [2.75, 3.05) is 26.4 Å². The Bertz CT molecular complexity index is 927. The maximum absolute atomic E-state index is 13.2. The smallest absolute Gasteiger partial charge is 0.295 e. The Morgan fingerprint density at radius 3 is 2.34 bits per heavy atom. The molecule has 0 radical (unpaired) electrons. The lowest BCUT2D eigenvalue weighted by Gasteiger charge is -2.25. The molecule has 0 bridgehead atoms. The normalized spacial score (nSPS) is 18.4. The molecule has 1 aliphatic heterocycles. The van der Waals surface area contributed by atoms with E-state index in [1.54, 1.807) is 24.3 Å². The number of aliphatic hydroxyl groups is 2. The second-order valence-corrected chi connectivity index (χ2v) is 7.30. The predicted octanol–water partition coefficient (Wildman–Crippen LogP) is 3.02. The van der Waals surface area contributed by atoms with Crippen molar-refractivity contribution in [3.63, 3.8) is 0 Å². The first kappa shape index (κ1) is 21.2. The molecule has 8 heteroatoms. The molecule has 29 heavy (non-hydrogen) atoms. The topological polar surface area (TPSA) is 87.1 Å². The van der Waals surface area contributed by atoms with Gasteiger partial charge in [-0.15, -0.1) is 0 Å². The van der Waals surface area contributed by atoms with E-state index in [1.807, 2.05) is 0 Å². The summed E-state index contributed by atoms with van der Waals surface area (Å²) in [6.45, 7) is 0.185. The fourth-order valence-corrected chi connectivity index (χ4v) is 3.46. The number of amides is 1. The Kier molecular flexibility index (Phi) is 6.79. The molecular formula is C21H19BrFNO5. The molecule has 1 amide bonds. The van der Waals surface area contributed by atoms with E-state index >= 15 is 0 Å². The van der Waals surface area contributed by atoms with Crippen LogP contribution in [-0.2, 0) is 14.3 Å². The van der Waals surface area contributed by atoms with E-state index < -0.39 is 23.5 Å². The number of rotatable bonds is 7. The Hall–Kier alpha value is -2.55. The summed E-state index contributed by atoms with van der Waals surface area (Å²) in [5.41, 5.74) is 0.812. The number of hydrogen-bond acceptors (Lipinski definition) is 5. The van der Waals surface area contributed by atoms with Gasteiger partial charge in [0.25, 0.3) is 11.7 Å². The quantitative estimate of drug-likeness (QED) is 0.285. The fourth-order valence-electron chi connectivity index (χ4n) is 3.20. The molecule has 2 aromatic rings. The summed E-state index contributed by atoms with van der Waals surface area (Å²) >= 11 is 3.35. The Balaban J connectivity index is 2.05. The number of carbonyl (C=O) groups excluding carboxylic acids is 2. The zero-order valence-electron chi connectivity index (χ0n) is 15.3. The van der Waals surface area contributed by atoms with E-state index in [2.05, 4.69) is 15.9 Å². The van der Waals surface area contributed by atoms with Crippen LogP contribution in [-0.4, -0.2) is 53.2 Å². The molecule has 1 saturated heterocycles. The summed E-state index contributed by atoms with van der Waals surface area (Å²) in [5.74, 6) is -2.42. The largest absolute Gasteiger partial charge is 0.507 e. The van der Waals surface area contributed by atoms with Crippen LogP contribution < -0.4 is 0 Å². The highest BCUT2D eigenvalue weighted by Crippen LogP contribution is 2.39. The van der Waals surface area contributed by atoms with Crippen molar-refractivity contribution in [3.05, 3.63) is 75.5 Å². The Morgan fingerprint density at radius 2 is 1.72 bits per heavy atom. The number of aliphatic hydroxyl groups excluding tert-OH is 2. The molecular weight excluding hydrogens is 445 g/mol. The molecule has 1 heterocycles. The van der Waals surface area contributed by atoms with E-state index in [4.69, 9.17) is 9.84 Å². The summed E-state index contributed by atoms with van der Waals surface area (Å²) in [5, 5.41) is 19.6. The number of Topliss-reactive ketones (excluding diaryl/α,β-unsaturated/α-hetero) is 1. The van der Waals surface area contributed by atoms with Crippen LogP contribution in [0.2, 0.25) is 0 Å². The monoisotopic (exact) mass is 463 g/mol. The van der Waals surface area contributed by atoms with Crippen molar-refractivity contribution in [2.45, 2.75) is 6.04 Å². The lowest BCUT2D eigenvalue weighted by atomic mass is 9.95. The zero-order chi connectivity index (χ0) is 21.0. The van der Waals surface area contributed by atoms with E-state index in [9.17, 15) is 19.1 Å². The van der Waals surface area contributed by atoms with E-state index in [0.29, 0.717) is 5.56 Å². The van der Waals surface area contributed by atoms with Gasteiger partial charge in [0.15, 0.2) is 0 Å². The summed E-state index contributed by atoms with van der Waals surface area (Å²) < 4.78 is 19.3. The van der Waals surface area contributed by atoms with Crippen molar-refractivity contribution in [3.8, 4) is 0 Å². The van der Waals surface area contributed by atoms with Gasteiger partial charge in [-0.25, -0.2) is 4.39 Å². The number of benzene rings is 2. The number of hydrogen-bond donors (Lipinski definition) is 2. The van der Waals surface area contributed by atoms with Crippen molar-refractivity contribution in [2.24, 2.45) is 0 Å². The first-order valence-electron chi connectivity index (χ1n) is 8.92. The van der Waals surface area contributed by atoms with Gasteiger partial charge in [0.05, 0.1) is 31.4 Å². The van der Waals surface area contributed by atoms with E-state index in [-0.39, 0.29) is 43.3 Å². The van der Waals surface area contributed by atoms with Gasteiger partial charge in [-0.1, -0.05) is 28.1 Å². The van der Waals surface area contributed by atoms with Crippen molar-refractivity contribution >= 4 is 33.4 Å². The van der Waals surface area contributed by atoms with Crippen molar-refractivity contribution in [1.82, 2.24) is 4.90 Å². The lowest BCUT2D eigenvalue weighted by Crippen LogP contribution is -2.33. The summed E-state index contributed by atoms with van der Waals surface area (Å²) in [7, 11) is 0. The Labute approximate surface area is 175 Å². The highest BCUT2D eigenvalue weighted by atomic mass is 79.9. The van der Waals surface area contributed by atoms with Gasteiger partial charge in [0.1, 0.15) is 11.6 Å². The highest BCUT2D eigenvalue weighted by molar-refractivity contribution is 9.10. The summed E-state index contributed by atoms with van der Waals surface area (Å²) in [6, 6.07) is 11.3. The first-order valence-corrected chi connectivity index (χ1v) is 9.71. The van der Waals surface area contributed by atoms with Gasteiger partial charge >= 0.3 is 0 Å². The van der Waals surface area contributed by atoms with Gasteiger partial charge in [-0.2, -0.15) is 0 Å². The molecule has 1 atom stereocenters. The molecule has 0 aromatic heterocycles. The second kappa shape index (κ2) is 9.30. The minimum absolute atomic E-state index is 0.0638. The van der Waals surface area contributed by atoms with Crippen LogP contribution in [0.3, 0.4) is 0 Å². The molecule has 3 rings (SSSR count). The number of ketones is 1. The van der Waals surface area contributed by atoms with Gasteiger partial charge in [-0.05, 0) is 42.0 Å². The molecule has 152 valence electrons. The van der Waals surface area contributed by atoms with Gasteiger partial charge < -0.3 is 19.8 Å². The summed E-state index contributed by atoms with van der Waals surface area (Å²) in [4.78, 5) is 26.8. The molecule has 0 spiro atoms.